The maximum absolute atomic E-state index is 12.3. The van der Waals surface area contributed by atoms with Gasteiger partial charge in [0.15, 0.2) is 0 Å². The van der Waals surface area contributed by atoms with Crippen LogP contribution in [-0.2, 0) is 4.74 Å². The van der Waals surface area contributed by atoms with Crippen molar-refractivity contribution in [2.45, 2.75) is 26.4 Å². The highest BCUT2D eigenvalue weighted by atomic mass is 35.5. The van der Waals surface area contributed by atoms with Gasteiger partial charge in [-0.05, 0) is 39.0 Å². The number of nitrogens with one attached hydrogen (secondary N) is 1. The second-order valence-corrected chi connectivity index (χ2v) is 6.42. The number of amides is 3. The maximum Gasteiger partial charge on any atom is 0.414 e. The van der Waals surface area contributed by atoms with Gasteiger partial charge in [-0.3, -0.25) is 4.90 Å². The predicted molar refractivity (Wildman–Crippen MR) is 87.6 cm³/mol. The molecule has 0 unspecified atom stereocenters. The van der Waals surface area contributed by atoms with Crippen molar-refractivity contribution in [3.63, 3.8) is 0 Å². The van der Waals surface area contributed by atoms with Crippen molar-refractivity contribution in [3.8, 4) is 0 Å². The minimum absolute atomic E-state index is 0.161. The third-order valence-corrected chi connectivity index (χ3v) is 2.84. The van der Waals surface area contributed by atoms with Gasteiger partial charge < -0.3 is 15.8 Å². The largest absolute Gasteiger partial charge is 0.443 e. The number of hydrogen-bond acceptors (Lipinski definition) is 3. The molecular weight excluding hydrogens is 329 g/mol. The average molecular weight is 348 g/mol. The first-order valence-electron chi connectivity index (χ1n) is 6.58. The quantitative estimate of drug-likeness (QED) is 0.875. The van der Waals surface area contributed by atoms with Gasteiger partial charge in [0, 0.05) is 23.1 Å². The molecule has 8 heteroatoms. The number of hydrogen-bond donors (Lipinski definition) is 2. The molecule has 0 aliphatic carbocycles. The minimum Gasteiger partial charge on any atom is -0.443 e. The van der Waals surface area contributed by atoms with E-state index in [0.717, 1.165) is 0 Å². The number of urea groups is 1. The van der Waals surface area contributed by atoms with Crippen LogP contribution in [0.2, 0.25) is 10.0 Å². The highest BCUT2D eigenvalue weighted by molar-refractivity contribution is 6.35. The summed E-state index contributed by atoms with van der Waals surface area (Å²) in [5.41, 5.74) is 4.83. The average Bonchev–Trinajstić information content (AvgIpc) is 2.30. The van der Waals surface area contributed by atoms with Gasteiger partial charge in [0.25, 0.3) is 0 Å². The van der Waals surface area contributed by atoms with Crippen LogP contribution >= 0.6 is 23.2 Å². The Balaban J connectivity index is 2.99. The smallest absolute Gasteiger partial charge is 0.414 e. The van der Waals surface area contributed by atoms with Gasteiger partial charge in [0.2, 0.25) is 0 Å². The van der Waals surface area contributed by atoms with Gasteiger partial charge in [-0.25, -0.2) is 9.59 Å². The van der Waals surface area contributed by atoms with E-state index in [1.807, 2.05) is 0 Å². The zero-order valence-corrected chi connectivity index (χ0v) is 14.2. The van der Waals surface area contributed by atoms with Crippen LogP contribution in [0.4, 0.5) is 15.3 Å². The molecule has 0 aliphatic rings. The molecule has 0 bridgehead atoms. The van der Waals surface area contributed by atoms with Crippen molar-refractivity contribution >= 4 is 41.0 Å². The molecule has 0 aliphatic heterocycles. The molecule has 1 aromatic carbocycles. The van der Waals surface area contributed by atoms with Crippen LogP contribution in [0, 0.1) is 0 Å². The zero-order chi connectivity index (χ0) is 16.9. The molecule has 122 valence electrons. The molecule has 0 spiro atoms. The summed E-state index contributed by atoms with van der Waals surface area (Å²) in [5, 5.41) is 3.19. The molecule has 0 saturated heterocycles. The molecule has 0 radical (unpaired) electrons. The summed E-state index contributed by atoms with van der Waals surface area (Å²) in [6, 6.07) is 4.05. The van der Waals surface area contributed by atoms with Crippen molar-refractivity contribution < 1.29 is 14.3 Å². The van der Waals surface area contributed by atoms with Crippen molar-refractivity contribution in [2.24, 2.45) is 5.73 Å². The Labute approximate surface area is 139 Å². The van der Waals surface area contributed by atoms with Crippen LogP contribution in [0.25, 0.3) is 0 Å². The van der Waals surface area contributed by atoms with Crippen molar-refractivity contribution in [1.29, 1.82) is 0 Å². The molecule has 22 heavy (non-hydrogen) atoms. The van der Waals surface area contributed by atoms with Gasteiger partial charge in [-0.2, -0.15) is 0 Å². The summed E-state index contributed by atoms with van der Waals surface area (Å²) in [4.78, 5) is 24.4. The normalized spacial score (nSPS) is 11.0. The number of ether oxygens (including phenoxy) is 1. The number of nitrogens with zero attached hydrogens (tertiary/aromatic N) is 1. The van der Waals surface area contributed by atoms with E-state index in [0.29, 0.717) is 15.7 Å². The first-order valence-corrected chi connectivity index (χ1v) is 7.34. The van der Waals surface area contributed by atoms with Gasteiger partial charge in [-0.15, -0.1) is 0 Å². The van der Waals surface area contributed by atoms with Crippen LogP contribution in [0.5, 0.6) is 0 Å². The molecule has 6 nitrogen and oxygen atoms in total. The van der Waals surface area contributed by atoms with Gasteiger partial charge >= 0.3 is 12.1 Å². The number of benzene rings is 1. The highest BCUT2D eigenvalue weighted by Gasteiger charge is 2.23. The first-order chi connectivity index (χ1) is 10.1. The van der Waals surface area contributed by atoms with Crippen LogP contribution in [0.3, 0.4) is 0 Å². The SMILES string of the molecule is CC(C)(C)OC(=O)N(CCNC(N)=O)c1cc(Cl)cc(Cl)c1. The standard InChI is InChI=1S/C14H19Cl2N3O3/c1-14(2,3)22-13(21)19(5-4-18-12(17)20)11-7-9(15)6-10(16)8-11/h6-8H,4-5H2,1-3H3,(H3,17,18,20). The maximum atomic E-state index is 12.3. The van der Waals surface area contributed by atoms with Crippen molar-refractivity contribution in [2.75, 3.05) is 18.0 Å². The van der Waals surface area contributed by atoms with Crippen LogP contribution in [0.15, 0.2) is 18.2 Å². The Bertz CT molecular complexity index is 539. The monoisotopic (exact) mass is 347 g/mol. The Morgan fingerprint density at radius 3 is 2.23 bits per heavy atom. The number of anilines is 1. The minimum atomic E-state index is -0.673. The summed E-state index contributed by atoms with van der Waals surface area (Å²) in [5.74, 6) is 0. The molecule has 0 saturated carbocycles. The van der Waals surface area contributed by atoms with E-state index < -0.39 is 17.7 Å². The lowest BCUT2D eigenvalue weighted by Crippen LogP contribution is -2.42. The fourth-order valence-electron chi connectivity index (χ4n) is 1.63. The van der Waals surface area contributed by atoms with Gasteiger partial charge in [0.1, 0.15) is 5.60 Å². The summed E-state index contributed by atoms with van der Waals surface area (Å²) >= 11 is 11.9. The van der Waals surface area contributed by atoms with E-state index in [1.165, 1.54) is 4.90 Å². The molecule has 0 heterocycles. The summed E-state index contributed by atoms with van der Waals surface area (Å²) in [6.07, 6.45) is -0.572. The third-order valence-electron chi connectivity index (χ3n) is 2.41. The number of carbonyl (C=O) groups excluding carboxylic acids is 2. The van der Waals surface area contributed by atoms with Gasteiger partial charge in [0.05, 0.1) is 5.69 Å². The molecule has 3 N–H and O–H groups in total. The molecular formula is C14H19Cl2N3O3. The van der Waals surface area contributed by atoms with E-state index in [-0.39, 0.29) is 13.1 Å². The van der Waals surface area contributed by atoms with Crippen LogP contribution in [0.1, 0.15) is 20.8 Å². The lowest BCUT2D eigenvalue weighted by Gasteiger charge is -2.27. The van der Waals surface area contributed by atoms with E-state index in [1.54, 1.807) is 39.0 Å². The lowest BCUT2D eigenvalue weighted by molar-refractivity contribution is 0.0580. The van der Waals surface area contributed by atoms with Crippen LogP contribution in [-0.4, -0.2) is 30.8 Å². The Kier molecular flexibility index (Phi) is 6.32. The van der Waals surface area contributed by atoms with E-state index >= 15 is 0 Å². The Morgan fingerprint density at radius 2 is 1.77 bits per heavy atom. The fourth-order valence-corrected chi connectivity index (χ4v) is 2.14. The first kappa shape index (κ1) is 18.4. The third kappa shape index (κ3) is 6.41. The Hall–Kier alpha value is -1.66. The number of halogens is 2. The van der Waals surface area contributed by atoms with E-state index in [4.69, 9.17) is 33.7 Å². The Morgan fingerprint density at radius 1 is 1.23 bits per heavy atom. The second-order valence-electron chi connectivity index (χ2n) is 5.55. The summed E-state index contributed by atoms with van der Waals surface area (Å²) in [7, 11) is 0. The van der Waals surface area contributed by atoms with E-state index in [2.05, 4.69) is 5.32 Å². The molecule has 1 aromatic rings. The molecule has 1 rings (SSSR count). The van der Waals surface area contributed by atoms with E-state index in [9.17, 15) is 9.59 Å². The van der Waals surface area contributed by atoms with Crippen molar-refractivity contribution in [3.05, 3.63) is 28.2 Å². The number of nitrogens with two attached hydrogens (primary N) is 1. The molecule has 3 amide bonds. The summed E-state index contributed by atoms with van der Waals surface area (Å²) in [6.45, 7) is 5.61. The van der Waals surface area contributed by atoms with Crippen molar-refractivity contribution in [1.82, 2.24) is 5.32 Å². The number of rotatable bonds is 4. The molecule has 0 fully saturated rings. The number of primary amides is 1. The number of carbonyl (C=O) groups is 2. The van der Waals surface area contributed by atoms with Gasteiger partial charge in [-0.1, -0.05) is 23.2 Å². The second kappa shape index (κ2) is 7.56. The summed E-state index contributed by atoms with van der Waals surface area (Å²) < 4.78 is 5.35. The lowest BCUT2D eigenvalue weighted by atomic mass is 10.2. The topological polar surface area (TPSA) is 84.7 Å². The predicted octanol–water partition coefficient (Wildman–Crippen LogP) is 3.40. The fraction of sp³-hybridized carbons (Fsp3) is 0.429. The molecule has 0 atom stereocenters. The zero-order valence-electron chi connectivity index (χ0n) is 12.7. The van der Waals surface area contributed by atoms with Crippen LogP contribution < -0.4 is 16.0 Å². The highest BCUT2D eigenvalue weighted by Crippen LogP contribution is 2.26. The molecule has 0 aromatic heterocycles.